The Kier molecular flexibility index (Phi) is 1.73. The van der Waals surface area contributed by atoms with E-state index in [4.69, 9.17) is 10.7 Å². The lowest BCUT2D eigenvalue weighted by atomic mass is 10.5. The number of hydrogen-bond acceptors (Lipinski definition) is 4. The molecule has 1 aliphatic rings. The van der Waals surface area contributed by atoms with Gasteiger partial charge in [0.1, 0.15) is 5.25 Å². The monoisotopic (exact) mass is 204 g/mol. The van der Waals surface area contributed by atoms with Crippen LogP contribution in [0.1, 0.15) is 0 Å². The summed E-state index contributed by atoms with van der Waals surface area (Å²) in [6.45, 7) is 0. The van der Waals surface area contributed by atoms with E-state index in [0.29, 0.717) is 0 Å². The third kappa shape index (κ3) is 1.62. The van der Waals surface area contributed by atoms with Gasteiger partial charge in [-0.3, -0.25) is 0 Å². The Balaban J connectivity index is 2.75. The van der Waals surface area contributed by atoms with E-state index in [0.717, 1.165) is 0 Å². The van der Waals surface area contributed by atoms with E-state index in [1.165, 1.54) is 0 Å². The number of rotatable bonds is 1. The minimum absolute atomic E-state index is 0.321. The van der Waals surface area contributed by atoms with Crippen LogP contribution in [-0.2, 0) is 18.9 Å². The van der Waals surface area contributed by atoms with Crippen molar-refractivity contribution in [1.82, 2.24) is 0 Å². The highest BCUT2D eigenvalue weighted by Crippen LogP contribution is 2.21. The molecule has 0 radical (unpaired) electrons. The Morgan fingerprint density at radius 2 is 1.70 bits per heavy atom. The molecule has 1 aliphatic heterocycles. The molecule has 0 spiro atoms. The fourth-order valence-electron chi connectivity index (χ4n) is 0.680. The molecule has 0 aromatic heterocycles. The van der Waals surface area contributed by atoms with Gasteiger partial charge in [-0.1, -0.05) is 0 Å². The molecular formula is C3H5ClO4S2. The highest BCUT2D eigenvalue weighted by molar-refractivity contribution is 8.16. The summed E-state index contributed by atoms with van der Waals surface area (Å²) in [5, 5.41) is -0.876. The Labute approximate surface area is 63.5 Å². The van der Waals surface area contributed by atoms with Crippen LogP contribution in [0.15, 0.2) is 0 Å². The number of hydrogen-bond donors (Lipinski definition) is 0. The van der Waals surface area contributed by atoms with E-state index in [9.17, 15) is 16.8 Å². The summed E-state index contributed by atoms with van der Waals surface area (Å²) >= 11 is 0. The van der Waals surface area contributed by atoms with E-state index >= 15 is 0 Å². The van der Waals surface area contributed by atoms with Crippen LogP contribution >= 0.6 is 10.7 Å². The van der Waals surface area contributed by atoms with Crippen molar-refractivity contribution in [1.29, 1.82) is 0 Å². The van der Waals surface area contributed by atoms with Gasteiger partial charge in [-0.15, -0.1) is 0 Å². The maximum absolute atomic E-state index is 10.4. The van der Waals surface area contributed by atoms with Crippen molar-refractivity contribution < 1.29 is 16.8 Å². The SMILES string of the molecule is O=S1(=O)CC(S(=O)(=O)Cl)C1. The van der Waals surface area contributed by atoms with Gasteiger partial charge in [-0.05, 0) is 0 Å². The van der Waals surface area contributed by atoms with Gasteiger partial charge in [0.05, 0.1) is 11.5 Å². The van der Waals surface area contributed by atoms with Gasteiger partial charge in [-0.2, -0.15) is 0 Å². The van der Waals surface area contributed by atoms with Gasteiger partial charge >= 0.3 is 0 Å². The Morgan fingerprint density at radius 3 is 1.80 bits per heavy atom. The molecule has 0 atom stereocenters. The average molecular weight is 205 g/mol. The van der Waals surface area contributed by atoms with Gasteiger partial charge in [0.2, 0.25) is 9.05 Å². The van der Waals surface area contributed by atoms with Crippen LogP contribution in [0.2, 0.25) is 0 Å². The van der Waals surface area contributed by atoms with Crippen LogP contribution in [0.5, 0.6) is 0 Å². The number of sulfone groups is 1. The smallest absolute Gasteiger partial charge is 0.229 e. The molecule has 1 heterocycles. The van der Waals surface area contributed by atoms with Crippen molar-refractivity contribution >= 4 is 29.6 Å². The molecule has 7 heteroatoms. The van der Waals surface area contributed by atoms with Crippen molar-refractivity contribution in [3.8, 4) is 0 Å². The molecule has 0 N–H and O–H groups in total. The minimum Gasteiger partial charge on any atom is -0.229 e. The van der Waals surface area contributed by atoms with Crippen LogP contribution < -0.4 is 0 Å². The van der Waals surface area contributed by atoms with Gasteiger partial charge in [0, 0.05) is 10.7 Å². The van der Waals surface area contributed by atoms with Crippen LogP contribution in [0, 0.1) is 0 Å². The molecule has 0 unspecified atom stereocenters. The molecule has 0 saturated carbocycles. The molecule has 1 fully saturated rings. The zero-order chi connectivity index (χ0) is 7.99. The number of halogens is 1. The molecule has 0 amide bonds. The topological polar surface area (TPSA) is 68.3 Å². The largest absolute Gasteiger partial charge is 0.237 e. The van der Waals surface area contributed by atoms with Crippen LogP contribution in [-0.4, -0.2) is 33.6 Å². The quantitative estimate of drug-likeness (QED) is 0.533. The Bertz CT molecular complexity index is 314. The zero-order valence-electron chi connectivity index (χ0n) is 4.82. The first-order valence-corrected chi connectivity index (χ1v) is 6.64. The maximum Gasteiger partial charge on any atom is 0.237 e. The highest BCUT2D eigenvalue weighted by Gasteiger charge is 2.41. The molecule has 0 aliphatic carbocycles. The fourth-order valence-corrected chi connectivity index (χ4v) is 5.19. The molecule has 1 rings (SSSR count). The van der Waals surface area contributed by atoms with Crippen molar-refractivity contribution in [2.45, 2.75) is 5.25 Å². The predicted molar refractivity (Wildman–Crippen MR) is 37.2 cm³/mol. The van der Waals surface area contributed by atoms with E-state index in [1.807, 2.05) is 0 Å². The van der Waals surface area contributed by atoms with E-state index < -0.39 is 24.1 Å². The summed E-state index contributed by atoms with van der Waals surface area (Å²) in [6, 6.07) is 0. The van der Waals surface area contributed by atoms with Crippen LogP contribution in [0.4, 0.5) is 0 Å². The molecule has 0 aromatic rings. The molecule has 4 nitrogen and oxygen atoms in total. The second-order valence-corrected chi connectivity index (χ2v) is 7.24. The zero-order valence-corrected chi connectivity index (χ0v) is 7.21. The third-order valence-corrected chi connectivity index (χ3v) is 5.41. The fraction of sp³-hybridized carbons (Fsp3) is 1.00. The molecule has 0 bridgehead atoms. The lowest BCUT2D eigenvalue weighted by Gasteiger charge is -2.21. The minimum atomic E-state index is -3.64. The summed E-state index contributed by atoms with van der Waals surface area (Å²) in [6.07, 6.45) is 0. The first-order valence-electron chi connectivity index (χ1n) is 2.45. The molecule has 60 valence electrons. The van der Waals surface area contributed by atoms with E-state index in [2.05, 4.69) is 0 Å². The molecule has 0 aromatic carbocycles. The second-order valence-electron chi connectivity index (χ2n) is 2.17. The first-order chi connectivity index (χ1) is 4.31. The van der Waals surface area contributed by atoms with Crippen molar-refractivity contribution in [3.05, 3.63) is 0 Å². The summed E-state index contributed by atoms with van der Waals surface area (Å²) in [7, 11) is -1.85. The van der Waals surface area contributed by atoms with Crippen molar-refractivity contribution in [2.75, 3.05) is 11.5 Å². The Morgan fingerprint density at radius 1 is 1.30 bits per heavy atom. The van der Waals surface area contributed by atoms with Gasteiger partial charge in [0.25, 0.3) is 0 Å². The second kappa shape index (κ2) is 2.09. The van der Waals surface area contributed by atoms with E-state index in [1.54, 1.807) is 0 Å². The third-order valence-electron chi connectivity index (χ3n) is 1.28. The standard InChI is InChI=1S/C3H5ClO4S2/c4-10(7,8)3-1-9(5,6)2-3/h3H,1-2H2. The molecule has 10 heavy (non-hydrogen) atoms. The summed E-state index contributed by atoms with van der Waals surface area (Å²) < 4.78 is 41.6. The predicted octanol–water partition coefficient (Wildman–Crippen LogP) is -0.648. The molecule has 1 saturated heterocycles. The van der Waals surface area contributed by atoms with Gasteiger partial charge < -0.3 is 0 Å². The lowest BCUT2D eigenvalue weighted by molar-refractivity contribution is 0.566. The summed E-state index contributed by atoms with van der Waals surface area (Å²) in [5.74, 6) is -0.641. The first kappa shape index (κ1) is 8.29. The van der Waals surface area contributed by atoms with Crippen molar-refractivity contribution in [3.63, 3.8) is 0 Å². The summed E-state index contributed by atoms with van der Waals surface area (Å²) in [4.78, 5) is 0. The molecular weight excluding hydrogens is 200 g/mol. The normalized spacial score (nSPS) is 25.7. The van der Waals surface area contributed by atoms with Gasteiger partial charge in [0.15, 0.2) is 9.84 Å². The lowest BCUT2D eigenvalue weighted by Crippen LogP contribution is -2.44. The Hall–Kier alpha value is 0.190. The maximum atomic E-state index is 10.4. The van der Waals surface area contributed by atoms with Gasteiger partial charge in [-0.25, -0.2) is 16.8 Å². The van der Waals surface area contributed by atoms with Crippen LogP contribution in [0.25, 0.3) is 0 Å². The average Bonchev–Trinajstić information content (AvgIpc) is 1.56. The summed E-state index contributed by atoms with van der Waals surface area (Å²) in [5.41, 5.74) is 0. The van der Waals surface area contributed by atoms with E-state index in [-0.39, 0.29) is 11.5 Å². The van der Waals surface area contributed by atoms with Crippen molar-refractivity contribution in [2.24, 2.45) is 0 Å². The van der Waals surface area contributed by atoms with Crippen LogP contribution in [0.3, 0.4) is 0 Å². The highest BCUT2D eigenvalue weighted by atomic mass is 35.7.